The Morgan fingerprint density at radius 1 is 1.40 bits per heavy atom. The molecule has 0 aliphatic rings. The van der Waals surface area contributed by atoms with E-state index in [0.29, 0.717) is 27.5 Å². The molecule has 0 fully saturated rings. The van der Waals surface area contributed by atoms with Crippen LogP contribution >= 0.6 is 22.9 Å². The van der Waals surface area contributed by atoms with Gasteiger partial charge in [-0.15, -0.1) is 11.3 Å². The number of ether oxygens (including phenoxy) is 1. The Morgan fingerprint density at radius 3 is 2.96 bits per heavy atom. The normalized spacial score (nSPS) is 11.5. The van der Waals surface area contributed by atoms with E-state index in [1.165, 1.54) is 17.7 Å². The first-order valence-corrected chi connectivity index (χ1v) is 9.12. The molecule has 0 unspecified atom stereocenters. The summed E-state index contributed by atoms with van der Waals surface area (Å²) >= 11 is 7.53. The molecule has 0 aliphatic heterocycles. The van der Waals surface area contributed by atoms with Crippen molar-refractivity contribution in [2.24, 2.45) is 0 Å². The van der Waals surface area contributed by atoms with Gasteiger partial charge in [-0.1, -0.05) is 18.5 Å². The van der Waals surface area contributed by atoms with Gasteiger partial charge in [-0.2, -0.15) is 0 Å². The van der Waals surface area contributed by atoms with Crippen LogP contribution < -0.4 is 10.1 Å². The number of benzene rings is 1. The highest BCUT2D eigenvalue weighted by molar-refractivity contribution is 7.17. The predicted molar refractivity (Wildman–Crippen MR) is 102 cm³/mol. The minimum Gasteiger partial charge on any atom is -0.486 e. The van der Waals surface area contributed by atoms with Crippen molar-refractivity contribution in [2.75, 3.05) is 5.32 Å². The number of hydrogen-bond donors (Lipinski definition) is 1. The lowest BCUT2D eigenvalue weighted by Crippen LogP contribution is -2.27. The van der Waals surface area contributed by atoms with Gasteiger partial charge in [0.05, 0.1) is 21.5 Å². The number of thiophene rings is 1. The molecule has 1 amide bonds. The number of aromatic nitrogens is 2. The molecule has 130 valence electrons. The molecule has 0 bridgehead atoms. The van der Waals surface area contributed by atoms with Crippen LogP contribution in [0.4, 0.5) is 5.69 Å². The average Bonchev–Trinajstić information content (AvgIpc) is 3.01. The maximum Gasteiger partial charge on any atom is 0.258 e. The van der Waals surface area contributed by atoms with E-state index in [-0.39, 0.29) is 11.5 Å². The van der Waals surface area contributed by atoms with E-state index in [2.05, 4.69) is 15.3 Å². The molecule has 0 spiro atoms. The largest absolute Gasteiger partial charge is 0.486 e. The molecule has 1 N–H and O–H groups in total. The second-order valence-electron chi connectivity index (χ2n) is 6.19. The molecule has 5 nitrogen and oxygen atoms in total. The number of nitrogens with one attached hydrogen (secondary N) is 1. The molecule has 0 radical (unpaired) electrons. The van der Waals surface area contributed by atoms with E-state index in [9.17, 15) is 4.79 Å². The maximum absolute atomic E-state index is 12.7. The predicted octanol–water partition coefficient (Wildman–Crippen LogP) is 5.16. The summed E-state index contributed by atoms with van der Waals surface area (Å²) in [4.78, 5) is 20.9. The standard InChI is InChI=1S/C18H18ClN3O2S/c1-4-18(2,3)24-14-6-5-11(19)7-13(14)22-17(23)12-9-25-15-8-20-10-21-16(12)15/h5-10H,4H2,1-3H3,(H,22,23). The second kappa shape index (κ2) is 6.98. The van der Waals surface area contributed by atoms with Crippen LogP contribution in [-0.4, -0.2) is 21.5 Å². The van der Waals surface area contributed by atoms with Gasteiger partial charge >= 0.3 is 0 Å². The molecule has 2 heterocycles. The highest BCUT2D eigenvalue weighted by atomic mass is 35.5. The van der Waals surface area contributed by atoms with Gasteiger partial charge in [-0.25, -0.2) is 9.97 Å². The third-order valence-corrected chi connectivity index (χ3v) is 5.05. The van der Waals surface area contributed by atoms with Gasteiger partial charge in [0.15, 0.2) is 0 Å². The Hall–Kier alpha value is -2.18. The summed E-state index contributed by atoms with van der Waals surface area (Å²) in [7, 11) is 0. The van der Waals surface area contributed by atoms with Crippen LogP contribution in [-0.2, 0) is 0 Å². The Labute approximate surface area is 155 Å². The number of carbonyl (C=O) groups is 1. The summed E-state index contributed by atoms with van der Waals surface area (Å²) in [6, 6.07) is 5.19. The van der Waals surface area contributed by atoms with Crippen LogP contribution in [0.5, 0.6) is 5.75 Å². The van der Waals surface area contributed by atoms with Crippen molar-refractivity contribution in [1.29, 1.82) is 0 Å². The molecule has 2 aromatic heterocycles. The number of fused-ring (bicyclic) bond motifs is 1. The van der Waals surface area contributed by atoms with E-state index < -0.39 is 0 Å². The summed E-state index contributed by atoms with van der Waals surface area (Å²) in [5.41, 5.74) is 1.32. The van der Waals surface area contributed by atoms with E-state index in [4.69, 9.17) is 16.3 Å². The zero-order valence-corrected chi connectivity index (χ0v) is 15.7. The van der Waals surface area contributed by atoms with Crippen molar-refractivity contribution in [3.63, 3.8) is 0 Å². The van der Waals surface area contributed by atoms with Gasteiger partial charge < -0.3 is 10.1 Å². The summed E-state index contributed by atoms with van der Waals surface area (Å²) in [5, 5.41) is 5.19. The highest BCUT2D eigenvalue weighted by Gasteiger charge is 2.21. The van der Waals surface area contributed by atoms with Crippen LogP contribution in [0.3, 0.4) is 0 Å². The topological polar surface area (TPSA) is 64.1 Å². The van der Waals surface area contributed by atoms with Gasteiger partial charge in [0.1, 0.15) is 17.7 Å². The van der Waals surface area contributed by atoms with Crippen LogP contribution in [0.15, 0.2) is 36.1 Å². The molecule has 3 aromatic rings. The first-order chi connectivity index (χ1) is 11.9. The second-order valence-corrected chi connectivity index (χ2v) is 7.54. The molecule has 0 saturated heterocycles. The molecular formula is C18H18ClN3O2S. The Bertz CT molecular complexity index is 924. The smallest absolute Gasteiger partial charge is 0.258 e. The molecule has 3 rings (SSSR count). The Kier molecular flexibility index (Phi) is 4.92. The third-order valence-electron chi connectivity index (χ3n) is 3.91. The van der Waals surface area contributed by atoms with Crippen LogP contribution in [0, 0.1) is 0 Å². The van der Waals surface area contributed by atoms with Gasteiger partial charge in [0, 0.05) is 16.6 Å². The van der Waals surface area contributed by atoms with Crippen molar-refractivity contribution in [3.8, 4) is 5.75 Å². The zero-order valence-electron chi connectivity index (χ0n) is 14.2. The molecule has 0 atom stereocenters. The molecule has 25 heavy (non-hydrogen) atoms. The number of halogens is 1. The number of rotatable bonds is 5. The fourth-order valence-corrected chi connectivity index (χ4v) is 3.22. The maximum atomic E-state index is 12.7. The lowest BCUT2D eigenvalue weighted by atomic mass is 10.1. The first-order valence-electron chi connectivity index (χ1n) is 7.87. The van der Waals surface area contributed by atoms with E-state index in [1.54, 1.807) is 29.8 Å². The molecule has 1 aromatic carbocycles. The van der Waals surface area contributed by atoms with E-state index >= 15 is 0 Å². The number of amides is 1. The van der Waals surface area contributed by atoms with Crippen molar-refractivity contribution < 1.29 is 9.53 Å². The van der Waals surface area contributed by atoms with Crippen LogP contribution in [0.25, 0.3) is 10.2 Å². The summed E-state index contributed by atoms with van der Waals surface area (Å²) < 4.78 is 6.91. The quantitative estimate of drug-likeness (QED) is 0.668. The lowest BCUT2D eigenvalue weighted by molar-refractivity contribution is 0.100. The average molecular weight is 376 g/mol. The van der Waals surface area contributed by atoms with Gasteiger partial charge in [0.25, 0.3) is 5.91 Å². The lowest BCUT2D eigenvalue weighted by Gasteiger charge is -2.26. The molecule has 0 saturated carbocycles. The van der Waals surface area contributed by atoms with Gasteiger partial charge in [-0.3, -0.25) is 4.79 Å². The monoisotopic (exact) mass is 375 g/mol. The molecule has 7 heteroatoms. The van der Waals surface area contributed by atoms with E-state index in [1.807, 2.05) is 20.8 Å². The third kappa shape index (κ3) is 3.91. The fraction of sp³-hybridized carbons (Fsp3) is 0.278. The van der Waals surface area contributed by atoms with Crippen molar-refractivity contribution in [1.82, 2.24) is 9.97 Å². The number of hydrogen-bond acceptors (Lipinski definition) is 5. The fourth-order valence-electron chi connectivity index (χ4n) is 2.19. The number of anilines is 1. The van der Waals surface area contributed by atoms with Crippen molar-refractivity contribution in [2.45, 2.75) is 32.8 Å². The minimum absolute atomic E-state index is 0.258. The summed E-state index contributed by atoms with van der Waals surface area (Å²) in [6.45, 7) is 6.04. The number of nitrogens with zero attached hydrogens (tertiary/aromatic N) is 2. The van der Waals surface area contributed by atoms with E-state index in [0.717, 1.165) is 11.1 Å². The zero-order chi connectivity index (χ0) is 18.0. The minimum atomic E-state index is -0.352. The van der Waals surface area contributed by atoms with Crippen molar-refractivity contribution in [3.05, 3.63) is 46.7 Å². The molecule has 0 aliphatic carbocycles. The van der Waals surface area contributed by atoms with Gasteiger partial charge in [0.2, 0.25) is 0 Å². The van der Waals surface area contributed by atoms with Crippen LogP contribution in [0.2, 0.25) is 5.02 Å². The highest BCUT2D eigenvalue weighted by Crippen LogP contribution is 2.33. The SMILES string of the molecule is CCC(C)(C)Oc1ccc(Cl)cc1NC(=O)c1csc2cncnc12. The van der Waals surface area contributed by atoms with Crippen molar-refractivity contribution >= 4 is 44.7 Å². The molecular weight excluding hydrogens is 358 g/mol. The summed E-state index contributed by atoms with van der Waals surface area (Å²) in [5.74, 6) is 0.324. The Morgan fingerprint density at radius 2 is 2.20 bits per heavy atom. The van der Waals surface area contributed by atoms with Gasteiger partial charge in [-0.05, 0) is 38.5 Å². The summed E-state index contributed by atoms with van der Waals surface area (Å²) in [6.07, 6.45) is 3.96. The number of carbonyl (C=O) groups excluding carboxylic acids is 1. The Balaban J connectivity index is 1.91. The van der Waals surface area contributed by atoms with Crippen LogP contribution in [0.1, 0.15) is 37.6 Å². The first kappa shape index (κ1) is 17.6.